The average Bonchev–Trinajstić information content (AvgIpc) is 2.64. The highest BCUT2D eigenvalue weighted by atomic mass is 16.2. The number of rotatable bonds is 3. The molecule has 19 heavy (non-hydrogen) atoms. The van der Waals surface area contributed by atoms with Crippen molar-refractivity contribution in [1.29, 1.82) is 0 Å². The van der Waals surface area contributed by atoms with Crippen molar-refractivity contribution < 1.29 is 4.79 Å². The van der Waals surface area contributed by atoms with Gasteiger partial charge < -0.3 is 10.2 Å². The first kappa shape index (κ1) is 14.1. The van der Waals surface area contributed by atoms with Gasteiger partial charge in [0.15, 0.2) is 0 Å². The molecular formula is C16H24N2O. The van der Waals surface area contributed by atoms with E-state index >= 15 is 0 Å². The van der Waals surface area contributed by atoms with Gasteiger partial charge >= 0.3 is 0 Å². The molecule has 0 saturated carbocycles. The van der Waals surface area contributed by atoms with Crippen molar-refractivity contribution in [3.8, 4) is 0 Å². The van der Waals surface area contributed by atoms with Crippen molar-refractivity contribution in [1.82, 2.24) is 10.2 Å². The largest absolute Gasteiger partial charge is 0.337 e. The Kier molecular flexibility index (Phi) is 4.97. The van der Waals surface area contributed by atoms with Gasteiger partial charge in [0.05, 0.1) is 0 Å². The van der Waals surface area contributed by atoms with Crippen LogP contribution in [0.15, 0.2) is 30.3 Å². The molecule has 3 nitrogen and oxygen atoms in total. The smallest absolute Gasteiger partial charge is 0.253 e. The molecule has 0 bridgehead atoms. The molecule has 1 aliphatic heterocycles. The first-order valence-corrected chi connectivity index (χ1v) is 7.24. The molecule has 1 aromatic rings. The third kappa shape index (κ3) is 4.06. The number of hydrogen-bond acceptors (Lipinski definition) is 2. The molecule has 2 rings (SSSR count). The fourth-order valence-corrected chi connectivity index (χ4v) is 2.67. The highest BCUT2D eigenvalue weighted by Crippen LogP contribution is 2.12. The summed E-state index contributed by atoms with van der Waals surface area (Å²) >= 11 is 0. The number of nitrogens with one attached hydrogen (secondary N) is 1. The maximum atomic E-state index is 12.5. The van der Waals surface area contributed by atoms with Gasteiger partial charge in [-0.25, -0.2) is 0 Å². The number of amides is 1. The lowest BCUT2D eigenvalue weighted by Gasteiger charge is -2.25. The Bertz CT molecular complexity index is 402. The summed E-state index contributed by atoms with van der Waals surface area (Å²) in [4.78, 5) is 14.5. The normalized spacial score (nSPS) is 20.4. The first-order chi connectivity index (χ1) is 9.16. The van der Waals surface area contributed by atoms with Gasteiger partial charge in [-0.15, -0.1) is 0 Å². The summed E-state index contributed by atoms with van der Waals surface area (Å²) in [6.45, 7) is 7.16. The predicted molar refractivity (Wildman–Crippen MR) is 78.2 cm³/mol. The van der Waals surface area contributed by atoms with Gasteiger partial charge in [-0.3, -0.25) is 4.79 Å². The zero-order chi connectivity index (χ0) is 13.7. The molecule has 3 heteroatoms. The van der Waals surface area contributed by atoms with Crippen LogP contribution >= 0.6 is 0 Å². The molecule has 1 aromatic carbocycles. The molecule has 1 atom stereocenters. The van der Waals surface area contributed by atoms with Crippen LogP contribution in [0.5, 0.6) is 0 Å². The van der Waals surface area contributed by atoms with Crippen LogP contribution in [0.4, 0.5) is 0 Å². The molecule has 0 radical (unpaired) electrons. The maximum Gasteiger partial charge on any atom is 0.253 e. The number of benzene rings is 1. The SMILES string of the molecule is CC(C)CC1CN(C(=O)c2ccccc2)CCCN1. The molecule has 1 heterocycles. The van der Waals surface area contributed by atoms with Crippen LogP contribution in [0.2, 0.25) is 0 Å². The van der Waals surface area contributed by atoms with E-state index in [-0.39, 0.29) is 5.91 Å². The number of carbonyl (C=O) groups excluding carboxylic acids is 1. The van der Waals surface area contributed by atoms with Crippen molar-refractivity contribution in [2.24, 2.45) is 5.92 Å². The third-order valence-corrected chi connectivity index (χ3v) is 3.54. The predicted octanol–water partition coefficient (Wildman–Crippen LogP) is 2.54. The van der Waals surface area contributed by atoms with Crippen molar-refractivity contribution in [3.63, 3.8) is 0 Å². The van der Waals surface area contributed by atoms with Crippen molar-refractivity contribution in [3.05, 3.63) is 35.9 Å². The Morgan fingerprint density at radius 2 is 2.11 bits per heavy atom. The summed E-state index contributed by atoms with van der Waals surface area (Å²) < 4.78 is 0. The van der Waals surface area contributed by atoms with E-state index in [1.54, 1.807) is 0 Å². The summed E-state index contributed by atoms with van der Waals surface area (Å²) in [6.07, 6.45) is 2.16. The highest BCUT2D eigenvalue weighted by Gasteiger charge is 2.22. The van der Waals surface area contributed by atoms with Crippen LogP contribution in [0.25, 0.3) is 0 Å². The quantitative estimate of drug-likeness (QED) is 0.906. The fourth-order valence-electron chi connectivity index (χ4n) is 2.67. The summed E-state index contributed by atoms with van der Waals surface area (Å²) in [5.41, 5.74) is 0.799. The monoisotopic (exact) mass is 260 g/mol. The lowest BCUT2D eigenvalue weighted by molar-refractivity contribution is 0.0749. The minimum Gasteiger partial charge on any atom is -0.337 e. The van der Waals surface area contributed by atoms with E-state index in [2.05, 4.69) is 19.2 Å². The van der Waals surface area contributed by atoms with Gasteiger partial charge in [-0.05, 0) is 37.4 Å². The van der Waals surface area contributed by atoms with Gasteiger partial charge in [0.2, 0.25) is 0 Å². The minimum absolute atomic E-state index is 0.165. The molecule has 1 fully saturated rings. The van der Waals surface area contributed by atoms with E-state index in [1.165, 1.54) is 0 Å². The molecule has 0 aliphatic carbocycles. The second-order valence-electron chi connectivity index (χ2n) is 5.75. The van der Waals surface area contributed by atoms with E-state index in [4.69, 9.17) is 0 Å². The van der Waals surface area contributed by atoms with Crippen molar-refractivity contribution in [2.45, 2.75) is 32.7 Å². The van der Waals surface area contributed by atoms with E-state index in [9.17, 15) is 4.79 Å². The van der Waals surface area contributed by atoms with Gasteiger partial charge in [-0.2, -0.15) is 0 Å². The highest BCUT2D eigenvalue weighted by molar-refractivity contribution is 5.94. The van der Waals surface area contributed by atoms with Crippen LogP contribution < -0.4 is 5.32 Å². The minimum atomic E-state index is 0.165. The fraction of sp³-hybridized carbons (Fsp3) is 0.562. The molecule has 1 N–H and O–H groups in total. The lowest BCUT2D eigenvalue weighted by atomic mass is 10.0. The van der Waals surface area contributed by atoms with E-state index in [0.717, 1.165) is 38.0 Å². The van der Waals surface area contributed by atoms with Gasteiger partial charge in [0.25, 0.3) is 5.91 Å². The Balaban J connectivity index is 2.03. The average molecular weight is 260 g/mol. The molecule has 1 amide bonds. The molecule has 1 saturated heterocycles. The maximum absolute atomic E-state index is 12.5. The zero-order valence-electron chi connectivity index (χ0n) is 11.9. The molecular weight excluding hydrogens is 236 g/mol. The Hall–Kier alpha value is -1.35. The summed E-state index contributed by atoms with van der Waals surface area (Å²) in [5.74, 6) is 0.822. The molecule has 0 aromatic heterocycles. The van der Waals surface area contributed by atoms with Gasteiger partial charge in [0.1, 0.15) is 0 Å². The molecule has 0 spiro atoms. The Morgan fingerprint density at radius 3 is 2.79 bits per heavy atom. The van der Waals surface area contributed by atoms with Crippen molar-refractivity contribution >= 4 is 5.91 Å². The van der Waals surface area contributed by atoms with E-state index in [1.807, 2.05) is 35.2 Å². The van der Waals surface area contributed by atoms with E-state index in [0.29, 0.717) is 12.0 Å². The molecule has 1 aliphatic rings. The van der Waals surface area contributed by atoms with Crippen LogP contribution in [0, 0.1) is 5.92 Å². The van der Waals surface area contributed by atoms with Gasteiger partial charge in [-0.1, -0.05) is 32.0 Å². The topological polar surface area (TPSA) is 32.3 Å². The second-order valence-corrected chi connectivity index (χ2v) is 5.75. The van der Waals surface area contributed by atoms with Crippen molar-refractivity contribution in [2.75, 3.05) is 19.6 Å². The van der Waals surface area contributed by atoms with Crippen LogP contribution in [0.1, 0.15) is 37.0 Å². The summed E-state index contributed by atoms with van der Waals surface area (Å²) in [5, 5.41) is 3.56. The lowest BCUT2D eigenvalue weighted by Crippen LogP contribution is -2.41. The number of carbonyl (C=O) groups is 1. The second kappa shape index (κ2) is 6.71. The number of hydrogen-bond donors (Lipinski definition) is 1. The molecule has 1 unspecified atom stereocenters. The van der Waals surface area contributed by atoms with E-state index < -0.39 is 0 Å². The number of nitrogens with zero attached hydrogens (tertiary/aromatic N) is 1. The first-order valence-electron chi connectivity index (χ1n) is 7.24. The molecule has 104 valence electrons. The Morgan fingerprint density at radius 1 is 1.37 bits per heavy atom. The third-order valence-electron chi connectivity index (χ3n) is 3.54. The Labute approximate surface area is 116 Å². The van der Waals surface area contributed by atoms with Crippen LogP contribution in [0.3, 0.4) is 0 Å². The summed E-state index contributed by atoms with van der Waals surface area (Å²) in [7, 11) is 0. The standard InChI is InChI=1S/C16H24N2O/c1-13(2)11-15-12-18(10-6-9-17-15)16(19)14-7-4-3-5-8-14/h3-5,7-8,13,15,17H,6,9-12H2,1-2H3. The zero-order valence-corrected chi connectivity index (χ0v) is 11.9. The van der Waals surface area contributed by atoms with Gasteiger partial charge in [0, 0.05) is 24.7 Å². The summed E-state index contributed by atoms with van der Waals surface area (Å²) in [6, 6.07) is 10.0. The van der Waals surface area contributed by atoms with Crippen LogP contribution in [-0.2, 0) is 0 Å². The van der Waals surface area contributed by atoms with Crippen LogP contribution in [-0.4, -0.2) is 36.5 Å².